The Morgan fingerprint density at radius 1 is 1.16 bits per heavy atom. The number of carbonyl (C=O) groups is 1. The van der Waals surface area contributed by atoms with Crippen molar-refractivity contribution >= 4 is 55.7 Å². The quantitative estimate of drug-likeness (QED) is 0.384. The van der Waals surface area contributed by atoms with Crippen LogP contribution in [0.3, 0.4) is 0 Å². The van der Waals surface area contributed by atoms with E-state index in [0.717, 1.165) is 42.8 Å². The van der Waals surface area contributed by atoms with Gasteiger partial charge in [-0.3, -0.25) is 19.5 Å². The van der Waals surface area contributed by atoms with E-state index < -0.39 is 0 Å². The maximum absolute atomic E-state index is 13.1. The van der Waals surface area contributed by atoms with Crippen molar-refractivity contribution in [1.29, 1.82) is 0 Å². The molecule has 5 rings (SSSR count). The fraction of sp³-hybridized carbons (Fsp3) is 0.304. The zero-order chi connectivity index (χ0) is 22.2. The van der Waals surface area contributed by atoms with Gasteiger partial charge in [0, 0.05) is 28.8 Å². The summed E-state index contributed by atoms with van der Waals surface area (Å²) in [6.07, 6.45) is 6.00. The fourth-order valence-electron chi connectivity index (χ4n) is 4.01. The Kier molecular flexibility index (Phi) is 5.88. The summed E-state index contributed by atoms with van der Waals surface area (Å²) in [6, 6.07) is 8.19. The summed E-state index contributed by atoms with van der Waals surface area (Å²) in [5.41, 5.74) is 2.51. The van der Waals surface area contributed by atoms with Crippen molar-refractivity contribution in [3.63, 3.8) is 0 Å². The van der Waals surface area contributed by atoms with Gasteiger partial charge in [0.2, 0.25) is 0 Å². The van der Waals surface area contributed by atoms with Gasteiger partial charge in [-0.25, -0.2) is 9.97 Å². The van der Waals surface area contributed by atoms with Gasteiger partial charge in [-0.15, -0.1) is 34.4 Å². The van der Waals surface area contributed by atoms with Gasteiger partial charge in [0.1, 0.15) is 10.7 Å². The monoisotopic (exact) mass is 482 g/mol. The smallest absolute Gasteiger partial charge is 0.267 e. The molecule has 0 atom stereocenters. The summed E-state index contributed by atoms with van der Waals surface area (Å²) in [7, 11) is 0. The van der Waals surface area contributed by atoms with Crippen LogP contribution in [0.15, 0.2) is 39.3 Å². The van der Waals surface area contributed by atoms with E-state index in [1.54, 1.807) is 16.3 Å². The Balaban J connectivity index is 1.43. The molecule has 1 aliphatic heterocycles. The molecule has 0 saturated heterocycles. The summed E-state index contributed by atoms with van der Waals surface area (Å²) in [5, 5.41) is 5.95. The number of aromatic nitrogens is 3. The van der Waals surface area contributed by atoms with Crippen LogP contribution >= 0.6 is 34.4 Å². The zero-order valence-corrected chi connectivity index (χ0v) is 20.3. The van der Waals surface area contributed by atoms with Crippen LogP contribution in [-0.2, 0) is 13.0 Å². The number of hydrogen-bond donors (Lipinski definition) is 1. The molecule has 6 nitrogen and oxygen atoms in total. The van der Waals surface area contributed by atoms with E-state index in [-0.39, 0.29) is 11.5 Å². The zero-order valence-electron chi connectivity index (χ0n) is 17.8. The lowest BCUT2D eigenvalue weighted by Gasteiger charge is -2.08. The highest BCUT2D eigenvalue weighted by Crippen LogP contribution is 2.31. The lowest BCUT2D eigenvalue weighted by molar-refractivity contribution is 0.103. The molecule has 4 heterocycles. The molecule has 1 aliphatic rings. The molecule has 0 saturated carbocycles. The van der Waals surface area contributed by atoms with E-state index in [0.29, 0.717) is 32.3 Å². The first kappa shape index (κ1) is 21.4. The number of thiophene rings is 1. The van der Waals surface area contributed by atoms with Crippen LogP contribution < -0.4 is 10.9 Å². The van der Waals surface area contributed by atoms with Crippen molar-refractivity contribution in [2.24, 2.45) is 0 Å². The van der Waals surface area contributed by atoms with Gasteiger partial charge in [-0.1, -0.05) is 18.6 Å². The predicted molar refractivity (Wildman–Crippen MR) is 133 cm³/mol. The number of fused-ring (bicyclic) bond motifs is 2. The molecule has 0 spiro atoms. The molecule has 0 aliphatic carbocycles. The highest BCUT2D eigenvalue weighted by Gasteiger charge is 2.23. The van der Waals surface area contributed by atoms with Crippen molar-refractivity contribution in [1.82, 2.24) is 14.5 Å². The van der Waals surface area contributed by atoms with E-state index in [1.165, 1.54) is 27.6 Å². The van der Waals surface area contributed by atoms with E-state index in [1.807, 2.05) is 30.7 Å². The number of aryl methyl sites for hydroxylation is 2. The van der Waals surface area contributed by atoms with E-state index in [2.05, 4.69) is 22.4 Å². The summed E-state index contributed by atoms with van der Waals surface area (Å²) in [4.78, 5) is 37.9. The second-order valence-corrected chi connectivity index (χ2v) is 10.5. The van der Waals surface area contributed by atoms with Crippen molar-refractivity contribution in [3.8, 4) is 11.3 Å². The van der Waals surface area contributed by atoms with Crippen LogP contribution in [0.1, 0.15) is 40.3 Å². The van der Waals surface area contributed by atoms with E-state index in [9.17, 15) is 9.59 Å². The van der Waals surface area contributed by atoms with Gasteiger partial charge in [-0.05, 0) is 43.7 Å². The number of nitrogens with one attached hydrogen (secondary N) is 1. The van der Waals surface area contributed by atoms with Gasteiger partial charge in [0.25, 0.3) is 11.5 Å². The number of thiazole rings is 1. The fourth-order valence-corrected chi connectivity index (χ4v) is 6.21. The number of benzene rings is 1. The van der Waals surface area contributed by atoms with Crippen molar-refractivity contribution in [2.75, 3.05) is 11.6 Å². The Hall–Kier alpha value is -2.49. The van der Waals surface area contributed by atoms with Crippen LogP contribution in [0.2, 0.25) is 0 Å². The first-order chi connectivity index (χ1) is 15.5. The van der Waals surface area contributed by atoms with Crippen molar-refractivity contribution in [2.45, 2.75) is 44.0 Å². The van der Waals surface area contributed by atoms with Crippen LogP contribution in [0.25, 0.3) is 21.5 Å². The third-order valence-corrected chi connectivity index (χ3v) is 8.41. The molecule has 164 valence electrons. The number of anilines is 1. The first-order valence-corrected chi connectivity index (χ1v) is 13.4. The molecular weight excluding hydrogens is 460 g/mol. The largest absolute Gasteiger partial charge is 0.297 e. The molecule has 32 heavy (non-hydrogen) atoms. The Morgan fingerprint density at radius 2 is 1.97 bits per heavy atom. The van der Waals surface area contributed by atoms with Crippen LogP contribution in [0, 0.1) is 6.92 Å². The topological polar surface area (TPSA) is 76.9 Å². The van der Waals surface area contributed by atoms with Gasteiger partial charge in [0.15, 0.2) is 5.13 Å². The molecule has 1 N–H and O–H groups in total. The molecule has 9 heteroatoms. The Morgan fingerprint density at radius 3 is 2.75 bits per heavy atom. The second-order valence-electron chi connectivity index (χ2n) is 7.75. The number of thioether (sulfide) groups is 1. The highest BCUT2D eigenvalue weighted by atomic mass is 32.2. The maximum Gasteiger partial charge on any atom is 0.267 e. The van der Waals surface area contributed by atoms with Crippen molar-refractivity contribution < 1.29 is 4.79 Å². The van der Waals surface area contributed by atoms with Crippen LogP contribution in [0.5, 0.6) is 0 Å². The normalized spacial score (nSPS) is 13.7. The average Bonchev–Trinajstić information content (AvgIpc) is 3.31. The van der Waals surface area contributed by atoms with Crippen LogP contribution in [-0.4, -0.2) is 26.7 Å². The Labute approximate surface area is 197 Å². The minimum atomic E-state index is -0.247. The third kappa shape index (κ3) is 3.89. The molecule has 1 aromatic carbocycles. The molecule has 0 bridgehead atoms. The van der Waals surface area contributed by atoms with E-state index in [4.69, 9.17) is 4.98 Å². The maximum atomic E-state index is 13.1. The minimum Gasteiger partial charge on any atom is -0.297 e. The number of nitrogens with zero attached hydrogens (tertiary/aromatic N) is 3. The standard InChI is InChI=1S/C23H22N4O2S3/c1-13-18-21(25-17-6-4-3-5-11-27(17)22(18)29)32-19(13)20(28)26-23-24-16(12-31-23)14-7-9-15(30-2)10-8-14/h7-10,12H,3-6,11H2,1-2H3,(H,24,26,28). The molecule has 1 amide bonds. The SMILES string of the molecule is CSc1ccc(-c2csc(NC(=O)c3sc4nc5n(c(=O)c4c3C)CCCCC5)n2)cc1. The Bertz CT molecular complexity index is 1370. The minimum absolute atomic E-state index is 0.0232. The third-order valence-electron chi connectivity index (χ3n) is 5.73. The average molecular weight is 483 g/mol. The summed E-state index contributed by atoms with van der Waals surface area (Å²) < 4.78 is 1.80. The molecular formula is C23H22N4O2S3. The van der Waals surface area contributed by atoms with Crippen molar-refractivity contribution in [3.05, 3.63) is 56.3 Å². The molecule has 4 aromatic rings. The molecule has 0 radical (unpaired) electrons. The lowest BCUT2D eigenvalue weighted by Crippen LogP contribution is -2.24. The van der Waals surface area contributed by atoms with Gasteiger partial charge in [-0.2, -0.15) is 0 Å². The molecule has 0 unspecified atom stereocenters. The first-order valence-electron chi connectivity index (χ1n) is 10.5. The molecule has 0 fully saturated rings. The second kappa shape index (κ2) is 8.80. The summed E-state index contributed by atoms with van der Waals surface area (Å²) in [5.74, 6) is 0.592. The summed E-state index contributed by atoms with van der Waals surface area (Å²) >= 11 is 4.38. The van der Waals surface area contributed by atoms with Crippen LogP contribution in [0.4, 0.5) is 5.13 Å². The van der Waals surface area contributed by atoms with Gasteiger partial charge in [0.05, 0.1) is 16.0 Å². The lowest BCUT2D eigenvalue weighted by atomic mass is 10.2. The van der Waals surface area contributed by atoms with Gasteiger partial charge < -0.3 is 0 Å². The number of amides is 1. The van der Waals surface area contributed by atoms with Gasteiger partial charge >= 0.3 is 0 Å². The molecule has 3 aromatic heterocycles. The van der Waals surface area contributed by atoms with E-state index >= 15 is 0 Å². The predicted octanol–water partition coefficient (Wildman–Crippen LogP) is 5.59. The summed E-state index contributed by atoms with van der Waals surface area (Å²) in [6.45, 7) is 2.54. The number of carbonyl (C=O) groups excluding carboxylic acids is 1. The number of rotatable bonds is 4. The highest BCUT2D eigenvalue weighted by molar-refractivity contribution is 7.98. The number of hydrogen-bond acceptors (Lipinski definition) is 7.